The number of carbonyl (C=O) groups excluding carboxylic acids is 2. The molecule has 0 unspecified atom stereocenters. The SMILES string of the molecule is COc1ccc2c(c1)CCc1sc(NC(=O)[C@H](CCCCNS(N)(=O)=O)NC(=O)OCc3ccccc3)nc1-2. The first-order valence-electron chi connectivity index (χ1n) is 12.4. The second-order valence-corrected chi connectivity index (χ2v) is 11.5. The van der Waals surface area contributed by atoms with E-state index in [0.29, 0.717) is 18.0 Å². The number of benzene rings is 2. The number of nitrogens with two attached hydrogens (primary N) is 1. The summed E-state index contributed by atoms with van der Waals surface area (Å²) in [6.07, 6.45) is 2.04. The second-order valence-electron chi connectivity index (χ2n) is 9.00. The number of carbonyl (C=O) groups is 2. The van der Waals surface area contributed by atoms with Crippen molar-refractivity contribution in [3.63, 3.8) is 0 Å². The molecule has 0 bridgehead atoms. The Hall–Kier alpha value is -3.52. The lowest BCUT2D eigenvalue weighted by Gasteiger charge is -2.18. The summed E-state index contributed by atoms with van der Waals surface area (Å²) in [7, 11) is -2.16. The van der Waals surface area contributed by atoms with Crippen molar-refractivity contribution in [3.8, 4) is 17.0 Å². The molecule has 1 heterocycles. The van der Waals surface area contributed by atoms with Gasteiger partial charge < -0.3 is 20.1 Å². The van der Waals surface area contributed by atoms with E-state index in [0.717, 1.165) is 45.9 Å². The summed E-state index contributed by atoms with van der Waals surface area (Å²) in [4.78, 5) is 31.5. The van der Waals surface area contributed by atoms with Gasteiger partial charge in [-0.1, -0.05) is 30.3 Å². The number of anilines is 1. The topological polar surface area (TPSA) is 162 Å². The minimum absolute atomic E-state index is 0.0582. The molecule has 39 heavy (non-hydrogen) atoms. The molecule has 1 aliphatic rings. The van der Waals surface area contributed by atoms with Gasteiger partial charge in [-0.3, -0.25) is 4.79 Å². The normalized spacial score (nSPS) is 13.1. The molecular weight excluding hydrogens is 542 g/mol. The molecule has 208 valence electrons. The lowest BCUT2D eigenvalue weighted by molar-refractivity contribution is -0.118. The van der Waals surface area contributed by atoms with Crippen LogP contribution in [0.1, 0.15) is 35.3 Å². The molecule has 3 aromatic rings. The molecule has 1 aromatic heterocycles. The number of fused-ring (bicyclic) bond motifs is 3. The number of amides is 2. The van der Waals surface area contributed by atoms with Crippen molar-refractivity contribution in [2.24, 2.45) is 5.14 Å². The molecule has 0 fully saturated rings. The molecule has 0 spiro atoms. The number of ether oxygens (including phenoxy) is 2. The Labute approximate surface area is 231 Å². The summed E-state index contributed by atoms with van der Waals surface area (Å²) in [5.74, 6) is 0.348. The molecule has 2 amide bonds. The molecule has 5 N–H and O–H groups in total. The van der Waals surface area contributed by atoms with E-state index in [9.17, 15) is 18.0 Å². The lowest BCUT2D eigenvalue weighted by Crippen LogP contribution is -2.44. The number of aryl methyl sites for hydroxylation is 2. The Kier molecular flexibility index (Phi) is 9.51. The van der Waals surface area contributed by atoms with Crippen LogP contribution in [0.5, 0.6) is 5.75 Å². The number of hydrogen-bond acceptors (Lipinski definition) is 8. The van der Waals surface area contributed by atoms with Crippen LogP contribution in [0.3, 0.4) is 0 Å². The zero-order chi connectivity index (χ0) is 27.8. The summed E-state index contributed by atoms with van der Waals surface area (Å²) in [6, 6.07) is 14.1. The van der Waals surface area contributed by atoms with Gasteiger partial charge in [-0.25, -0.2) is 19.6 Å². The Morgan fingerprint density at radius 2 is 1.92 bits per heavy atom. The van der Waals surface area contributed by atoms with Crippen molar-refractivity contribution in [3.05, 3.63) is 64.5 Å². The van der Waals surface area contributed by atoms with Gasteiger partial charge in [-0.05, 0) is 61.4 Å². The van der Waals surface area contributed by atoms with Gasteiger partial charge in [0.1, 0.15) is 18.4 Å². The number of aromatic nitrogens is 1. The summed E-state index contributed by atoms with van der Waals surface area (Å²) in [5, 5.41) is 10.9. The number of hydrogen-bond donors (Lipinski definition) is 4. The molecule has 2 aromatic carbocycles. The third-order valence-electron chi connectivity index (χ3n) is 6.16. The van der Waals surface area contributed by atoms with Crippen molar-refractivity contribution < 1.29 is 27.5 Å². The third kappa shape index (κ3) is 8.23. The van der Waals surface area contributed by atoms with E-state index in [1.165, 1.54) is 11.3 Å². The molecule has 0 saturated carbocycles. The highest BCUT2D eigenvalue weighted by atomic mass is 32.2. The number of nitrogens with zero attached hydrogens (tertiary/aromatic N) is 1. The van der Waals surface area contributed by atoms with E-state index in [-0.39, 0.29) is 19.6 Å². The molecule has 0 saturated heterocycles. The van der Waals surface area contributed by atoms with Crippen LogP contribution in [0.15, 0.2) is 48.5 Å². The first-order chi connectivity index (χ1) is 18.7. The average molecular weight is 574 g/mol. The monoisotopic (exact) mass is 573 g/mol. The molecule has 0 radical (unpaired) electrons. The number of methoxy groups -OCH3 is 1. The number of rotatable bonds is 12. The van der Waals surface area contributed by atoms with Gasteiger partial charge in [-0.15, -0.1) is 11.3 Å². The Balaban J connectivity index is 1.41. The summed E-state index contributed by atoms with van der Waals surface area (Å²) < 4.78 is 35.0. The molecule has 13 heteroatoms. The Bertz CT molecular complexity index is 1410. The fourth-order valence-electron chi connectivity index (χ4n) is 4.22. The summed E-state index contributed by atoms with van der Waals surface area (Å²) in [6.45, 7) is 0.178. The van der Waals surface area contributed by atoms with Crippen LogP contribution in [-0.2, 0) is 39.2 Å². The number of nitrogens with one attached hydrogen (secondary N) is 3. The zero-order valence-electron chi connectivity index (χ0n) is 21.4. The van der Waals surface area contributed by atoms with Crippen molar-refractivity contribution in [2.45, 2.75) is 44.8 Å². The minimum atomic E-state index is -3.79. The van der Waals surface area contributed by atoms with Gasteiger partial charge in [-0.2, -0.15) is 8.42 Å². The summed E-state index contributed by atoms with van der Waals surface area (Å²) in [5.41, 5.74) is 3.79. The van der Waals surface area contributed by atoms with Crippen molar-refractivity contribution in [1.82, 2.24) is 15.0 Å². The first-order valence-corrected chi connectivity index (χ1v) is 14.8. The average Bonchev–Trinajstić information content (AvgIpc) is 3.33. The van der Waals surface area contributed by atoms with E-state index in [2.05, 4.69) is 20.3 Å². The molecule has 0 aliphatic heterocycles. The van der Waals surface area contributed by atoms with Gasteiger partial charge in [0.2, 0.25) is 5.91 Å². The summed E-state index contributed by atoms with van der Waals surface area (Å²) >= 11 is 1.41. The second kappa shape index (κ2) is 13.0. The van der Waals surface area contributed by atoms with Crippen molar-refractivity contribution >= 4 is 38.7 Å². The van der Waals surface area contributed by atoms with Crippen molar-refractivity contribution in [2.75, 3.05) is 19.0 Å². The van der Waals surface area contributed by atoms with E-state index >= 15 is 0 Å². The van der Waals surface area contributed by atoms with Gasteiger partial charge in [0, 0.05) is 17.0 Å². The molecular formula is C26H31N5O6S2. The van der Waals surface area contributed by atoms with E-state index < -0.39 is 28.3 Å². The van der Waals surface area contributed by atoms with Gasteiger partial charge in [0.25, 0.3) is 10.2 Å². The molecule has 1 aliphatic carbocycles. The van der Waals surface area contributed by atoms with Crippen LogP contribution < -0.4 is 25.2 Å². The van der Waals surface area contributed by atoms with E-state index in [4.69, 9.17) is 14.6 Å². The van der Waals surface area contributed by atoms with E-state index in [1.807, 2.05) is 48.5 Å². The highest BCUT2D eigenvalue weighted by Crippen LogP contribution is 2.39. The Morgan fingerprint density at radius 3 is 2.67 bits per heavy atom. The fourth-order valence-corrected chi connectivity index (χ4v) is 5.63. The predicted molar refractivity (Wildman–Crippen MR) is 149 cm³/mol. The van der Waals surface area contributed by atoms with Crippen LogP contribution in [0.4, 0.5) is 9.93 Å². The maximum absolute atomic E-state index is 13.2. The van der Waals surface area contributed by atoms with Gasteiger partial charge in [0.15, 0.2) is 5.13 Å². The fraction of sp³-hybridized carbons (Fsp3) is 0.346. The first kappa shape index (κ1) is 28.5. The third-order valence-corrected chi connectivity index (χ3v) is 7.80. The van der Waals surface area contributed by atoms with Crippen LogP contribution in [0.2, 0.25) is 0 Å². The quantitative estimate of drug-likeness (QED) is 0.242. The molecule has 1 atom stereocenters. The maximum Gasteiger partial charge on any atom is 0.408 e. The minimum Gasteiger partial charge on any atom is -0.497 e. The molecule has 4 rings (SSSR count). The van der Waals surface area contributed by atoms with E-state index in [1.54, 1.807) is 7.11 Å². The number of thiazole rings is 1. The van der Waals surface area contributed by atoms with Crippen LogP contribution in [-0.4, -0.2) is 45.1 Å². The largest absolute Gasteiger partial charge is 0.497 e. The highest BCUT2D eigenvalue weighted by Gasteiger charge is 2.25. The maximum atomic E-state index is 13.2. The van der Waals surface area contributed by atoms with Gasteiger partial charge >= 0.3 is 6.09 Å². The number of alkyl carbamates (subject to hydrolysis) is 1. The van der Waals surface area contributed by atoms with Crippen LogP contribution >= 0.6 is 11.3 Å². The highest BCUT2D eigenvalue weighted by molar-refractivity contribution is 7.87. The van der Waals surface area contributed by atoms with Gasteiger partial charge in [0.05, 0.1) is 12.8 Å². The smallest absolute Gasteiger partial charge is 0.408 e. The predicted octanol–water partition coefficient (Wildman–Crippen LogP) is 3.11. The molecule has 11 nitrogen and oxygen atoms in total. The van der Waals surface area contributed by atoms with Crippen LogP contribution in [0.25, 0.3) is 11.3 Å². The standard InChI is InChI=1S/C26H31N5O6S2/c1-36-19-11-12-20-18(15-19)10-13-22-23(20)30-25(38-22)31-24(32)21(9-5-6-14-28-39(27,34)35)29-26(33)37-16-17-7-3-2-4-8-17/h2-4,7-8,11-12,15,21,28H,5-6,9-10,13-14,16H2,1H3,(H,29,33)(H2,27,34,35)(H,30,31,32)/t21-/m0/s1. The zero-order valence-corrected chi connectivity index (χ0v) is 23.1. The van der Waals surface area contributed by atoms with Crippen LogP contribution in [0, 0.1) is 0 Å². The number of unbranched alkanes of at least 4 members (excludes halogenated alkanes) is 1. The Morgan fingerprint density at radius 1 is 1.13 bits per heavy atom. The van der Waals surface area contributed by atoms with Crippen molar-refractivity contribution in [1.29, 1.82) is 0 Å². The lowest BCUT2D eigenvalue weighted by atomic mass is 9.93.